The first-order chi connectivity index (χ1) is 9.72. The molecular weight excluding hydrogens is 254 g/mol. The van der Waals surface area contributed by atoms with E-state index in [1.54, 1.807) is 6.20 Å². The summed E-state index contributed by atoms with van der Waals surface area (Å²) >= 11 is 0. The number of benzene rings is 1. The van der Waals surface area contributed by atoms with Crippen LogP contribution in [0, 0.1) is 6.92 Å². The van der Waals surface area contributed by atoms with Gasteiger partial charge in [-0.2, -0.15) is 0 Å². The van der Waals surface area contributed by atoms with Crippen LogP contribution in [0.3, 0.4) is 0 Å². The zero-order valence-electron chi connectivity index (χ0n) is 11.6. The van der Waals surface area contributed by atoms with E-state index >= 15 is 0 Å². The summed E-state index contributed by atoms with van der Waals surface area (Å²) in [6, 6.07) is 8.15. The van der Waals surface area contributed by atoms with Gasteiger partial charge in [-0.3, -0.25) is 0 Å². The Morgan fingerprint density at radius 3 is 2.95 bits per heavy atom. The van der Waals surface area contributed by atoms with Crippen LogP contribution in [0.15, 0.2) is 30.5 Å². The van der Waals surface area contributed by atoms with E-state index in [0.29, 0.717) is 13.3 Å². The molecule has 1 aromatic carbocycles. The highest BCUT2D eigenvalue weighted by Gasteiger charge is 2.15. The van der Waals surface area contributed by atoms with Crippen LogP contribution in [0.25, 0.3) is 0 Å². The van der Waals surface area contributed by atoms with Crippen molar-refractivity contribution in [2.24, 2.45) is 0 Å². The Balaban J connectivity index is 1.66. The van der Waals surface area contributed by atoms with Gasteiger partial charge in [-0.05, 0) is 37.6 Å². The van der Waals surface area contributed by atoms with Crippen LogP contribution < -0.4 is 14.8 Å². The molecule has 0 saturated carbocycles. The second kappa shape index (κ2) is 5.46. The molecule has 104 valence electrons. The average Bonchev–Trinajstić information content (AvgIpc) is 2.92. The number of fused-ring (bicyclic) bond motifs is 1. The highest BCUT2D eigenvalue weighted by atomic mass is 16.7. The third-order valence-electron chi connectivity index (χ3n) is 3.32. The maximum atomic E-state index is 5.40. The molecule has 0 fully saturated rings. The number of nitrogens with zero attached hydrogens (tertiary/aromatic N) is 2. The van der Waals surface area contributed by atoms with Crippen LogP contribution >= 0.6 is 0 Å². The zero-order valence-corrected chi connectivity index (χ0v) is 11.6. The fourth-order valence-corrected chi connectivity index (χ4v) is 2.16. The monoisotopic (exact) mass is 271 g/mol. The van der Waals surface area contributed by atoms with Gasteiger partial charge in [0, 0.05) is 18.8 Å². The van der Waals surface area contributed by atoms with Crippen LogP contribution in [0.5, 0.6) is 11.5 Å². The molecule has 2 heterocycles. The van der Waals surface area contributed by atoms with Crippen molar-refractivity contribution in [2.75, 3.05) is 6.79 Å². The van der Waals surface area contributed by atoms with E-state index in [1.807, 2.05) is 25.1 Å². The number of hydrogen-bond acceptors (Lipinski definition) is 5. The molecule has 5 nitrogen and oxygen atoms in total. The molecule has 0 radical (unpaired) electrons. The number of hydrogen-bond donors (Lipinski definition) is 1. The number of ether oxygens (including phenoxy) is 2. The van der Waals surface area contributed by atoms with Crippen LogP contribution in [0.2, 0.25) is 0 Å². The predicted octanol–water partition coefficient (Wildman–Crippen LogP) is 2.36. The molecule has 0 amide bonds. The number of aryl methyl sites for hydroxylation is 1. The van der Waals surface area contributed by atoms with Gasteiger partial charge < -0.3 is 14.8 Å². The summed E-state index contributed by atoms with van der Waals surface area (Å²) in [5.74, 6) is 2.42. The summed E-state index contributed by atoms with van der Waals surface area (Å²) in [6.45, 7) is 5.02. The zero-order chi connectivity index (χ0) is 13.9. The second-order valence-electron chi connectivity index (χ2n) is 4.81. The van der Waals surface area contributed by atoms with Crippen molar-refractivity contribution in [2.45, 2.75) is 26.4 Å². The number of rotatable bonds is 4. The van der Waals surface area contributed by atoms with Gasteiger partial charge in [0.15, 0.2) is 11.5 Å². The summed E-state index contributed by atoms with van der Waals surface area (Å²) in [4.78, 5) is 8.47. The fraction of sp³-hybridized carbons (Fsp3) is 0.333. The second-order valence-corrected chi connectivity index (χ2v) is 4.81. The van der Waals surface area contributed by atoms with Crippen LogP contribution in [-0.2, 0) is 6.54 Å². The lowest BCUT2D eigenvalue weighted by Crippen LogP contribution is -2.19. The van der Waals surface area contributed by atoms with Crippen molar-refractivity contribution < 1.29 is 9.47 Å². The van der Waals surface area contributed by atoms with Crippen molar-refractivity contribution in [1.29, 1.82) is 0 Å². The molecule has 1 aliphatic heterocycles. The normalized spacial score (nSPS) is 14.3. The van der Waals surface area contributed by atoms with E-state index in [1.165, 1.54) is 5.56 Å². The van der Waals surface area contributed by atoms with Crippen molar-refractivity contribution in [3.63, 3.8) is 0 Å². The van der Waals surface area contributed by atoms with Crippen molar-refractivity contribution in [3.05, 3.63) is 47.5 Å². The molecule has 3 rings (SSSR count). The SMILES string of the molecule is Cc1nccc(CNC(C)c2ccc3c(c2)OCO3)n1. The minimum absolute atomic E-state index is 0.208. The van der Waals surface area contributed by atoms with Crippen molar-refractivity contribution in [1.82, 2.24) is 15.3 Å². The number of nitrogens with one attached hydrogen (secondary N) is 1. The van der Waals surface area contributed by atoms with Crippen molar-refractivity contribution >= 4 is 0 Å². The lowest BCUT2D eigenvalue weighted by atomic mass is 10.1. The molecule has 1 atom stereocenters. The van der Waals surface area contributed by atoms with E-state index in [0.717, 1.165) is 23.0 Å². The Morgan fingerprint density at radius 1 is 1.25 bits per heavy atom. The van der Waals surface area contributed by atoms with Gasteiger partial charge >= 0.3 is 0 Å². The predicted molar refractivity (Wildman–Crippen MR) is 74.6 cm³/mol. The maximum Gasteiger partial charge on any atom is 0.231 e. The van der Waals surface area contributed by atoms with Gasteiger partial charge in [-0.25, -0.2) is 9.97 Å². The summed E-state index contributed by atoms with van der Waals surface area (Å²) in [7, 11) is 0. The van der Waals surface area contributed by atoms with E-state index in [4.69, 9.17) is 9.47 Å². The summed E-state index contributed by atoms with van der Waals surface area (Å²) in [5.41, 5.74) is 2.16. The fourth-order valence-electron chi connectivity index (χ4n) is 2.16. The molecule has 20 heavy (non-hydrogen) atoms. The molecule has 1 N–H and O–H groups in total. The molecule has 1 unspecified atom stereocenters. The standard InChI is InChI=1S/C15H17N3O2/c1-10(17-8-13-5-6-16-11(2)18-13)12-3-4-14-15(7-12)20-9-19-14/h3-7,10,17H,8-9H2,1-2H3. The minimum Gasteiger partial charge on any atom is -0.454 e. The quantitative estimate of drug-likeness (QED) is 0.925. The molecule has 1 aliphatic rings. The van der Waals surface area contributed by atoms with Crippen LogP contribution in [0.1, 0.15) is 30.0 Å². The highest BCUT2D eigenvalue weighted by Crippen LogP contribution is 2.34. The molecule has 0 bridgehead atoms. The largest absolute Gasteiger partial charge is 0.454 e. The van der Waals surface area contributed by atoms with Gasteiger partial charge in [0.05, 0.1) is 5.69 Å². The Morgan fingerprint density at radius 2 is 2.10 bits per heavy atom. The third-order valence-corrected chi connectivity index (χ3v) is 3.32. The molecule has 2 aromatic rings. The molecule has 0 aliphatic carbocycles. The molecule has 0 spiro atoms. The summed E-state index contributed by atoms with van der Waals surface area (Å²) in [6.07, 6.45) is 1.78. The maximum absolute atomic E-state index is 5.40. The van der Waals surface area contributed by atoms with E-state index in [9.17, 15) is 0 Å². The Labute approximate surface area is 118 Å². The van der Waals surface area contributed by atoms with Crippen LogP contribution in [0.4, 0.5) is 0 Å². The molecular formula is C15H17N3O2. The first-order valence-electron chi connectivity index (χ1n) is 6.64. The third kappa shape index (κ3) is 2.72. The van der Waals surface area contributed by atoms with Gasteiger partial charge in [-0.1, -0.05) is 6.07 Å². The average molecular weight is 271 g/mol. The van der Waals surface area contributed by atoms with E-state index in [-0.39, 0.29) is 6.04 Å². The summed E-state index contributed by atoms with van der Waals surface area (Å²) < 4.78 is 10.7. The topological polar surface area (TPSA) is 56.3 Å². The van der Waals surface area contributed by atoms with E-state index < -0.39 is 0 Å². The Hall–Kier alpha value is -2.14. The number of aromatic nitrogens is 2. The van der Waals surface area contributed by atoms with Gasteiger partial charge in [0.25, 0.3) is 0 Å². The highest BCUT2D eigenvalue weighted by molar-refractivity contribution is 5.45. The first kappa shape index (κ1) is 12.9. The lowest BCUT2D eigenvalue weighted by Gasteiger charge is -2.14. The summed E-state index contributed by atoms with van der Waals surface area (Å²) in [5, 5.41) is 3.45. The Bertz CT molecular complexity index is 616. The van der Waals surface area contributed by atoms with Gasteiger partial charge in [-0.15, -0.1) is 0 Å². The molecule has 1 aromatic heterocycles. The molecule has 0 saturated heterocycles. The lowest BCUT2D eigenvalue weighted by molar-refractivity contribution is 0.174. The minimum atomic E-state index is 0.208. The molecule has 5 heteroatoms. The first-order valence-corrected chi connectivity index (χ1v) is 6.64. The smallest absolute Gasteiger partial charge is 0.231 e. The van der Waals surface area contributed by atoms with E-state index in [2.05, 4.69) is 28.3 Å². The Kier molecular flexibility index (Phi) is 3.52. The van der Waals surface area contributed by atoms with Crippen LogP contribution in [-0.4, -0.2) is 16.8 Å². The van der Waals surface area contributed by atoms with Gasteiger partial charge in [0.2, 0.25) is 6.79 Å². The van der Waals surface area contributed by atoms with Gasteiger partial charge in [0.1, 0.15) is 5.82 Å². The van der Waals surface area contributed by atoms with Crippen molar-refractivity contribution in [3.8, 4) is 11.5 Å².